The third kappa shape index (κ3) is 3.49. The molecule has 0 heterocycles. The van der Waals surface area contributed by atoms with Crippen LogP contribution in [-0.4, -0.2) is 18.3 Å². The Kier molecular flexibility index (Phi) is 4.52. The van der Waals surface area contributed by atoms with Crippen molar-refractivity contribution in [2.24, 2.45) is 5.92 Å². The molecule has 3 unspecified atom stereocenters. The van der Waals surface area contributed by atoms with Crippen LogP contribution < -0.4 is 5.32 Å². The molecule has 0 spiro atoms. The second kappa shape index (κ2) is 5.92. The first kappa shape index (κ1) is 13.0. The fourth-order valence-electron chi connectivity index (χ4n) is 2.58. The Labute approximate surface area is 109 Å². The number of nitrogens with one attached hydrogen (secondary N) is 1. The summed E-state index contributed by atoms with van der Waals surface area (Å²) in [4.78, 5) is 1.41. The minimum absolute atomic E-state index is 0.678. The Morgan fingerprint density at radius 3 is 2.53 bits per heavy atom. The Morgan fingerprint density at radius 1 is 1.18 bits per heavy atom. The molecule has 17 heavy (non-hydrogen) atoms. The van der Waals surface area contributed by atoms with E-state index in [1.807, 2.05) is 11.8 Å². The first-order chi connectivity index (χ1) is 8.19. The summed E-state index contributed by atoms with van der Waals surface area (Å²) < 4.78 is 0. The highest BCUT2D eigenvalue weighted by molar-refractivity contribution is 8.00. The van der Waals surface area contributed by atoms with Crippen LogP contribution in [0.5, 0.6) is 0 Å². The normalized spacial score (nSPS) is 29.2. The van der Waals surface area contributed by atoms with Crippen molar-refractivity contribution in [3.05, 3.63) is 29.8 Å². The zero-order valence-corrected chi connectivity index (χ0v) is 11.9. The Hall–Kier alpha value is -0.470. The van der Waals surface area contributed by atoms with Gasteiger partial charge < -0.3 is 5.32 Å². The first-order valence-electron chi connectivity index (χ1n) is 6.59. The van der Waals surface area contributed by atoms with Gasteiger partial charge in [-0.15, -0.1) is 11.8 Å². The van der Waals surface area contributed by atoms with Gasteiger partial charge in [-0.2, -0.15) is 0 Å². The van der Waals surface area contributed by atoms with Gasteiger partial charge in [-0.25, -0.2) is 0 Å². The highest BCUT2D eigenvalue weighted by Crippen LogP contribution is 2.36. The summed E-state index contributed by atoms with van der Waals surface area (Å²) in [5.74, 6) is 0.877. The second-order valence-corrected chi connectivity index (χ2v) is 6.60. The molecule has 0 bridgehead atoms. The fourth-order valence-corrected chi connectivity index (χ4v) is 4.08. The Morgan fingerprint density at radius 2 is 1.88 bits per heavy atom. The molecule has 94 valence electrons. The van der Waals surface area contributed by atoms with Gasteiger partial charge in [-0.05, 0) is 51.3 Å². The van der Waals surface area contributed by atoms with Crippen molar-refractivity contribution in [3.63, 3.8) is 0 Å². The number of hydrogen-bond acceptors (Lipinski definition) is 2. The number of rotatable bonds is 3. The second-order valence-electron chi connectivity index (χ2n) is 5.28. The minimum Gasteiger partial charge on any atom is -0.316 e. The van der Waals surface area contributed by atoms with Crippen molar-refractivity contribution in [2.45, 2.75) is 49.3 Å². The molecule has 0 aromatic heterocycles. The van der Waals surface area contributed by atoms with Crippen molar-refractivity contribution >= 4 is 11.8 Å². The third-order valence-corrected chi connectivity index (χ3v) is 5.10. The van der Waals surface area contributed by atoms with Crippen LogP contribution in [-0.2, 0) is 0 Å². The lowest BCUT2D eigenvalue weighted by atomic mass is 9.87. The number of hydrogen-bond donors (Lipinski definition) is 1. The fraction of sp³-hybridized carbons (Fsp3) is 0.600. The molecule has 0 amide bonds. The summed E-state index contributed by atoms with van der Waals surface area (Å²) in [7, 11) is 2.10. The van der Waals surface area contributed by atoms with Gasteiger partial charge in [0.05, 0.1) is 0 Å². The van der Waals surface area contributed by atoms with Gasteiger partial charge in [-0.1, -0.05) is 24.6 Å². The Bertz CT molecular complexity index is 346. The molecule has 1 fully saturated rings. The quantitative estimate of drug-likeness (QED) is 0.873. The van der Waals surface area contributed by atoms with Gasteiger partial charge in [0.15, 0.2) is 0 Å². The first-order valence-corrected chi connectivity index (χ1v) is 7.47. The topological polar surface area (TPSA) is 12.0 Å². The van der Waals surface area contributed by atoms with Crippen LogP contribution in [0.2, 0.25) is 0 Å². The highest BCUT2D eigenvalue weighted by atomic mass is 32.2. The van der Waals surface area contributed by atoms with E-state index < -0.39 is 0 Å². The lowest BCUT2D eigenvalue weighted by Gasteiger charge is -2.34. The summed E-state index contributed by atoms with van der Waals surface area (Å²) in [5, 5.41) is 4.21. The number of benzene rings is 1. The largest absolute Gasteiger partial charge is 0.316 e. The molecular weight excluding hydrogens is 226 g/mol. The van der Waals surface area contributed by atoms with Crippen LogP contribution in [0.4, 0.5) is 0 Å². The SMILES string of the molecule is CNC1CCC(C)CC1Sc1ccc(C)cc1. The van der Waals surface area contributed by atoms with E-state index in [0.717, 1.165) is 11.2 Å². The molecule has 1 aromatic carbocycles. The smallest absolute Gasteiger partial charge is 0.0250 e. The van der Waals surface area contributed by atoms with Crippen molar-refractivity contribution in [1.82, 2.24) is 5.32 Å². The standard InChI is InChI=1S/C15H23NS/c1-11-4-7-13(8-5-11)17-15-10-12(2)6-9-14(15)16-3/h4-5,7-8,12,14-16H,6,9-10H2,1-3H3. The average Bonchev–Trinajstić information content (AvgIpc) is 2.32. The van der Waals surface area contributed by atoms with Crippen molar-refractivity contribution in [3.8, 4) is 0 Å². The van der Waals surface area contributed by atoms with Crippen LogP contribution in [0.25, 0.3) is 0 Å². The van der Waals surface area contributed by atoms with E-state index in [0.29, 0.717) is 6.04 Å². The summed E-state index contributed by atoms with van der Waals surface area (Å²) >= 11 is 2.05. The lowest BCUT2D eigenvalue weighted by molar-refractivity contribution is 0.329. The molecule has 2 rings (SSSR count). The van der Waals surface area contributed by atoms with Crippen LogP contribution in [0.1, 0.15) is 31.7 Å². The van der Waals surface area contributed by atoms with Gasteiger partial charge in [0.2, 0.25) is 0 Å². The number of thioether (sulfide) groups is 1. The third-order valence-electron chi connectivity index (χ3n) is 3.73. The minimum atomic E-state index is 0.678. The maximum absolute atomic E-state index is 3.49. The van der Waals surface area contributed by atoms with E-state index in [4.69, 9.17) is 0 Å². The molecule has 2 heteroatoms. The monoisotopic (exact) mass is 249 g/mol. The predicted octanol–water partition coefficient (Wildman–Crippen LogP) is 3.86. The van der Waals surface area contributed by atoms with E-state index in [1.54, 1.807) is 0 Å². The molecule has 3 atom stereocenters. The highest BCUT2D eigenvalue weighted by Gasteiger charge is 2.28. The van der Waals surface area contributed by atoms with Gasteiger partial charge in [-0.3, -0.25) is 0 Å². The molecule has 1 N–H and O–H groups in total. The molecular formula is C15H23NS. The molecule has 1 saturated carbocycles. The van der Waals surface area contributed by atoms with Crippen molar-refractivity contribution in [2.75, 3.05) is 7.05 Å². The Balaban J connectivity index is 2.02. The molecule has 0 radical (unpaired) electrons. The predicted molar refractivity (Wildman–Crippen MR) is 76.7 cm³/mol. The van der Waals surface area contributed by atoms with Crippen LogP contribution in [0, 0.1) is 12.8 Å². The summed E-state index contributed by atoms with van der Waals surface area (Å²) in [5.41, 5.74) is 1.34. The van der Waals surface area contributed by atoms with Crippen LogP contribution in [0.15, 0.2) is 29.2 Å². The van der Waals surface area contributed by atoms with Crippen molar-refractivity contribution in [1.29, 1.82) is 0 Å². The van der Waals surface area contributed by atoms with Gasteiger partial charge in [0.25, 0.3) is 0 Å². The molecule has 0 saturated heterocycles. The zero-order valence-electron chi connectivity index (χ0n) is 11.1. The summed E-state index contributed by atoms with van der Waals surface area (Å²) in [6.45, 7) is 4.53. The van der Waals surface area contributed by atoms with E-state index in [2.05, 4.69) is 50.5 Å². The average molecular weight is 249 g/mol. The van der Waals surface area contributed by atoms with Gasteiger partial charge >= 0.3 is 0 Å². The van der Waals surface area contributed by atoms with Crippen LogP contribution >= 0.6 is 11.8 Å². The van der Waals surface area contributed by atoms with Crippen LogP contribution in [0.3, 0.4) is 0 Å². The van der Waals surface area contributed by atoms with Crippen molar-refractivity contribution < 1.29 is 0 Å². The molecule has 1 aromatic rings. The van der Waals surface area contributed by atoms with Gasteiger partial charge in [0.1, 0.15) is 0 Å². The lowest BCUT2D eigenvalue weighted by Crippen LogP contribution is -2.40. The zero-order chi connectivity index (χ0) is 12.3. The van der Waals surface area contributed by atoms with E-state index in [-0.39, 0.29) is 0 Å². The van der Waals surface area contributed by atoms with E-state index >= 15 is 0 Å². The van der Waals surface area contributed by atoms with E-state index in [1.165, 1.54) is 29.7 Å². The maximum Gasteiger partial charge on any atom is 0.0250 e. The van der Waals surface area contributed by atoms with E-state index in [9.17, 15) is 0 Å². The summed E-state index contributed by atoms with van der Waals surface area (Å²) in [6, 6.07) is 9.61. The molecule has 0 aliphatic heterocycles. The molecule has 1 aliphatic rings. The van der Waals surface area contributed by atoms with Gasteiger partial charge in [0, 0.05) is 16.2 Å². The molecule has 1 nitrogen and oxygen atoms in total. The summed E-state index contributed by atoms with van der Waals surface area (Å²) in [6.07, 6.45) is 4.03. The molecule has 1 aliphatic carbocycles. The maximum atomic E-state index is 3.49. The number of aryl methyl sites for hydroxylation is 1.